The molecule has 0 aliphatic heterocycles. The van der Waals surface area contributed by atoms with Crippen LogP contribution >= 0.6 is 0 Å². The van der Waals surface area contributed by atoms with Gasteiger partial charge in [0.1, 0.15) is 12.9 Å². The molecule has 1 rings (SSSR count). The van der Waals surface area contributed by atoms with E-state index in [1.165, 1.54) is 11.0 Å². The fourth-order valence-electron chi connectivity index (χ4n) is 0.417. The highest BCUT2D eigenvalue weighted by Gasteiger charge is 1.89. The Morgan fingerprint density at radius 3 is 3.11 bits per heavy atom. The molecule has 0 unspecified atom stereocenters. The van der Waals surface area contributed by atoms with Crippen molar-refractivity contribution in [3.8, 4) is 0 Å². The van der Waals surface area contributed by atoms with E-state index in [4.69, 9.17) is 5.26 Å². The molecule has 9 heavy (non-hydrogen) atoms. The van der Waals surface area contributed by atoms with Crippen LogP contribution in [0.1, 0.15) is 0 Å². The van der Waals surface area contributed by atoms with Crippen molar-refractivity contribution in [2.75, 3.05) is 6.61 Å². The topological polar surface area (TPSA) is 73.1 Å². The summed E-state index contributed by atoms with van der Waals surface area (Å²) in [7, 11) is 0. The van der Waals surface area contributed by atoms with Crippen LogP contribution in [0.15, 0.2) is 6.33 Å². The zero-order valence-corrected chi connectivity index (χ0v) is 4.64. The fraction of sp³-hybridized carbons (Fsp3) is 0.667. The van der Waals surface area contributed by atoms with Gasteiger partial charge in [-0.25, -0.2) is 9.57 Å². The molecule has 0 atom stereocenters. The van der Waals surface area contributed by atoms with Crippen LogP contribution in [0.2, 0.25) is 0 Å². The summed E-state index contributed by atoms with van der Waals surface area (Å²) in [5.74, 6) is 0. The van der Waals surface area contributed by atoms with Gasteiger partial charge in [-0.1, -0.05) is 0 Å². The average molecular weight is 130 g/mol. The van der Waals surface area contributed by atoms with E-state index in [2.05, 4.69) is 20.4 Å². The largest absolute Gasteiger partial charge is 0.252 e. The maximum absolute atomic E-state index is 7.88. The maximum atomic E-state index is 7.88. The Labute approximate surface area is 51.0 Å². The molecule has 0 aliphatic carbocycles. The third-order valence-electron chi connectivity index (χ3n) is 0.803. The average Bonchev–Trinajstić information content (AvgIpc) is 2.34. The van der Waals surface area contributed by atoms with E-state index in [1.807, 2.05) is 0 Å². The minimum Gasteiger partial charge on any atom is -0.252 e. The quantitative estimate of drug-likeness (QED) is 0.426. The maximum Gasteiger partial charge on any atom is 0.138 e. The normalized spacial score (nSPS) is 9.89. The molecule has 0 amide bonds. The van der Waals surface area contributed by atoms with Crippen molar-refractivity contribution >= 4 is 0 Å². The predicted molar refractivity (Wildman–Crippen MR) is 26.4 cm³/mol. The number of hydrogen-bond acceptors (Lipinski definition) is 5. The molecule has 6 nitrogen and oxygen atoms in total. The lowest BCUT2D eigenvalue weighted by Gasteiger charge is -1.92. The van der Waals surface area contributed by atoms with Crippen molar-refractivity contribution in [1.29, 1.82) is 0 Å². The molecule has 0 saturated heterocycles. The van der Waals surface area contributed by atoms with Crippen molar-refractivity contribution in [3.63, 3.8) is 0 Å². The Balaban J connectivity index is 2.30. The van der Waals surface area contributed by atoms with Crippen molar-refractivity contribution in [1.82, 2.24) is 20.2 Å². The van der Waals surface area contributed by atoms with Gasteiger partial charge in [0, 0.05) is 0 Å². The first-order valence-electron chi connectivity index (χ1n) is 2.40. The van der Waals surface area contributed by atoms with Gasteiger partial charge in [0.2, 0.25) is 0 Å². The van der Waals surface area contributed by atoms with Gasteiger partial charge >= 0.3 is 0 Å². The number of hydrogen-bond donors (Lipinski definition) is 1. The third-order valence-corrected chi connectivity index (χ3v) is 0.803. The van der Waals surface area contributed by atoms with E-state index < -0.39 is 0 Å². The van der Waals surface area contributed by atoms with Gasteiger partial charge < -0.3 is 0 Å². The fourth-order valence-corrected chi connectivity index (χ4v) is 0.417. The van der Waals surface area contributed by atoms with Gasteiger partial charge in [-0.3, -0.25) is 5.26 Å². The molecule has 50 valence electrons. The lowest BCUT2D eigenvalue weighted by Crippen LogP contribution is -2.04. The van der Waals surface area contributed by atoms with E-state index in [9.17, 15) is 0 Å². The first-order chi connectivity index (χ1) is 4.43. The summed E-state index contributed by atoms with van der Waals surface area (Å²) < 4.78 is 1.45. The second-order valence-corrected chi connectivity index (χ2v) is 1.41. The van der Waals surface area contributed by atoms with Crippen LogP contribution < -0.4 is 0 Å². The molecule has 0 aromatic carbocycles. The van der Waals surface area contributed by atoms with Gasteiger partial charge in [-0.2, -0.15) is 0 Å². The molecule has 0 bridgehead atoms. The Bertz CT molecular complexity index is 151. The molecule has 0 spiro atoms. The van der Waals surface area contributed by atoms with Gasteiger partial charge in [-0.15, -0.1) is 5.10 Å². The molecule has 1 heterocycles. The van der Waals surface area contributed by atoms with Gasteiger partial charge in [0.05, 0.1) is 6.54 Å². The molecular formula is C3H6N4O2. The van der Waals surface area contributed by atoms with Gasteiger partial charge in [0.25, 0.3) is 0 Å². The number of tetrazole rings is 1. The minimum atomic E-state index is 0.199. The minimum absolute atomic E-state index is 0.199. The second-order valence-electron chi connectivity index (χ2n) is 1.41. The van der Waals surface area contributed by atoms with Gasteiger partial charge in [0.15, 0.2) is 0 Å². The first-order valence-corrected chi connectivity index (χ1v) is 2.40. The molecule has 0 fully saturated rings. The van der Waals surface area contributed by atoms with Crippen LogP contribution in [0.5, 0.6) is 0 Å². The Morgan fingerprint density at radius 1 is 1.67 bits per heavy atom. The molecule has 0 radical (unpaired) electrons. The highest BCUT2D eigenvalue weighted by atomic mass is 17.1. The standard InChI is InChI=1S/C3H6N4O2/c8-9-2-1-7-3-4-5-6-7/h3,8H,1-2H2. The van der Waals surface area contributed by atoms with Crippen molar-refractivity contribution in [3.05, 3.63) is 6.33 Å². The summed E-state index contributed by atoms with van der Waals surface area (Å²) in [6.45, 7) is 0.661. The SMILES string of the molecule is OOCCn1cnnn1. The number of rotatable bonds is 3. The second kappa shape index (κ2) is 3.10. The summed E-state index contributed by atoms with van der Waals surface area (Å²) in [6.07, 6.45) is 1.44. The summed E-state index contributed by atoms with van der Waals surface area (Å²) in [4.78, 5) is 3.80. The zero-order valence-electron chi connectivity index (χ0n) is 4.64. The summed E-state index contributed by atoms with van der Waals surface area (Å²) in [5, 5.41) is 18.1. The number of aromatic nitrogens is 4. The van der Waals surface area contributed by atoms with E-state index in [0.717, 1.165) is 0 Å². The number of nitrogens with zero attached hydrogens (tertiary/aromatic N) is 4. The van der Waals surface area contributed by atoms with Crippen LogP contribution in [0.4, 0.5) is 0 Å². The molecular weight excluding hydrogens is 124 g/mol. The lowest BCUT2D eigenvalue weighted by molar-refractivity contribution is -0.244. The molecule has 0 aliphatic rings. The van der Waals surface area contributed by atoms with Crippen LogP contribution in [-0.4, -0.2) is 32.1 Å². The molecule has 1 aromatic heterocycles. The lowest BCUT2D eigenvalue weighted by atomic mass is 10.7. The molecule has 0 saturated carbocycles. The Morgan fingerprint density at radius 2 is 2.56 bits per heavy atom. The van der Waals surface area contributed by atoms with Crippen molar-refractivity contribution in [2.24, 2.45) is 0 Å². The molecule has 1 N–H and O–H groups in total. The van der Waals surface area contributed by atoms with E-state index in [0.29, 0.717) is 6.54 Å². The highest BCUT2D eigenvalue weighted by Crippen LogP contribution is 1.76. The van der Waals surface area contributed by atoms with E-state index in [-0.39, 0.29) is 6.61 Å². The smallest absolute Gasteiger partial charge is 0.138 e. The summed E-state index contributed by atoms with van der Waals surface area (Å²) in [6, 6.07) is 0. The van der Waals surface area contributed by atoms with Crippen LogP contribution in [0.3, 0.4) is 0 Å². The van der Waals surface area contributed by atoms with E-state index in [1.54, 1.807) is 0 Å². The predicted octanol–water partition coefficient (Wildman–Crippen LogP) is -0.837. The van der Waals surface area contributed by atoms with Crippen molar-refractivity contribution in [2.45, 2.75) is 6.54 Å². The van der Waals surface area contributed by atoms with Crippen LogP contribution in [0, 0.1) is 0 Å². The summed E-state index contributed by atoms with van der Waals surface area (Å²) >= 11 is 0. The Hall–Kier alpha value is -1.01. The van der Waals surface area contributed by atoms with Crippen molar-refractivity contribution < 1.29 is 10.1 Å². The highest BCUT2D eigenvalue weighted by molar-refractivity contribution is 4.43. The Kier molecular flexibility index (Phi) is 2.11. The monoisotopic (exact) mass is 130 g/mol. The van der Waals surface area contributed by atoms with E-state index >= 15 is 0 Å². The first kappa shape index (κ1) is 6.12. The van der Waals surface area contributed by atoms with Crippen LogP contribution in [-0.2, 0) is 11.4 Å². The molecule has 1 aromatic rings. The van der Waals surface area contributed by atoms with Gasteiger partial charge in [-0.05, 0) is 10.4 Å². The zero-order chi connectivity index (χ0) is 6.53. The molecule has 6 heteroatoms. The summed E-state index contributed by atoms with van der Waals surface area (Å²) in [5.41, 5.74) is 0. The third kappa shape index (κ3) is 1.74. The van der Waals surface area contributed by atoms with Crippen LogP contribution in [0.25, 0.3) is 0 Å².